The summed E-state index contributed by atoms with van der Waals surface area (Å²) in [5, 5.41) is 2.46. The van der Waals surface area contributed by atoms with E-state index in [1.54, 1.807) is 0 Å². The Morgan fingerprint density at radius 3 is 2.80 bits per heavy atom. The van der Waals surface area contributed by atoms with Crippen LogP contribution in [-0.4, -0.2) is 8.97 Å². The number of hydrogen-bond donors (Lipinski definition) is 0. The minimum Gasteiger partial charge on any atom is -0.313 e. The third-order valence-electron chi connectivity index (χ3n) is 3.69. The van der Waals surface area contributed by atoms with Gasteiger partial charge in [0.1, 0.15) is 5.65 Å². The van der Waals surface area contributed by atoms with Crippen molar-refractivity contribution in [3.05, 3.63) is 53.1 Å². The van der Waals surface area contributed by atoms with E-state index in [4.69, 9.17) is 6.42 Å². The zero-order valence-corrected chi connectivity index (χ0v) is 12.3. The van der Waals surface area contributed by atoms with E-state index in [1.165, 1.54) is 16.3 Å². The SMILES string of the molecule is C#CCn1c2ccc(Br)cc2n2cc3ccccc3c12. The van der Waals surface area contributed by atoms with Gasteiger partial charge in [-0.1, -0.05) is 46.1 Å². The van der Waals surface area contributed by atoms with E-state index in [0.29, 0.717) is 6.54 Å². The predicted octanol–water partition coefficient (Wildman–Crippen LogP) is 4.44. The van der Waals surface area contributed by atoms with Gasteiger partial charge in [-0.25, -0.2) is 0 Å². The summed E-state index contributed by atoms with van der Waals surface area (Å²) >= 11 is 3.55. The molecule has 0 fully saturated rings. The van der Waals surface area contributed by atoms with E-state index in [-0.39, 0.29) is 0 Å². The molecule has 0 spiro atoms. The van der Waals surface area contributed by atoms with Crippen LogP contribution in [0.3, 0.4) is 0 Å². The van der Waals surface area contributed by atoms with Crippen LogP contribution in [0.4, 0.5) is 0 Å². The number of nitrogens with zero attached hydrogens (tertiary/aromatic N) is 2. The Morgan fingerprint density at radius 2 is 1.95 bits per heavy atom. The summed E-state index contributed by atoms with van der Waals surface area (Å²) in [6.07, 6.45) is 7.73. The van der Waals surface area contributed by atoms with Crippen LogP contribution in [0.5, 0.6) is 0 Å². The quantitative estimate of drug-likeness (QED) is 0.458. The molecule has 4 rings (SSSR count). The number of benzene rings is 2. The number of aromatic nitrogens is 2. The highest BCUT2D eigenvalue weighted by atomic mass is 79.9. The lowest BCUT2D eigenvalue weighted by molar-refractivity contribution is 0.913. The van der Waals surface area contributed by atoms with Crippen LogP contribution < -0.4 is 0 Å². The van der Waals surface area contributed by atoms with Gasteiger partial charge in [-0.05, 0) is 18.2 Å². The molecule has 96 valence electrons. The van der Waals surface area contributed by atoms with Crippen LogP contribution in [0.1, 0.15) is 0 Å². The van der Waals surface area contributed by atoms with Gasteiger partial charge in [0.2, 0.25) is 0 Å². The van der Waals surface area contributed by atoms with E-state index in [2.05, 4.69) is 79.5 Å². The minimum absolute atomic E-state index is 0.572. The van der Waals surface area contributed by atoms with Crippen LogP contribution in [0.2, 0.25) is 0 Å². The lowest BCUT2D eigenvalue weighted by Gasteiger charge is -2.01. The second-order valence-corrected chi connectivity index (χ2v) is 5.75. The van der Waals surface area contributed by atoms with Gasteiger partial charge >= 0.3 is 0 Å². The van der Waals surface area contributed by atoms with Crippen LogP contribution in [0, 0.1) is 12.3 Å². The first-order valence-electron chi connectivity index (χ1n) is 6.40. The van der Waals surface area contributed by atoms with Crippen LogP contribution >= 0.6 is 15.9 Å². The van der Waals surface area contributed by atoms with E-state index in [1.807, 2.05) is 0 Å². The standard InChI is InChI=1S/C17H11BrN2/c1-2-9-19-15-8-7-13(18)10-16(15)20-11-12-5-3-4-6-14(12)17(19)20/h1,3-8,10-11H,9H2. The Bertz CT molecular complexity index is 999. The summed E-state index contributed by atoms with van der Waals surface area (Å²) in [6.45, 7) is 0.572. The largest absolute Gasteiger partial charge is 0.313 e. The van der Waals surface area contributed by atoms with E-state index < -0.39 is 0 Å². The maximum atomic E-state index is 5.56. The van der Waals surface area contributed by atoms with Crippen molar-refractivity contribution in [1.82, 2.24) is 8.97 Å². The molecule has 0 saturated heterocycles. The maximum Gasteiger partial charge on any atom is 0.126 e. The maximum absolute atomic E-state index is 5.56. The van der Waals surface area contributed by atoms with E-state index in [0.717, 1.165) is 15.6 Å². The number of hydrogen-bond acceptors (Lipinski definition) is 0. The van der Waals surface area contributed by atoms with Gasteiger partial charge in [0, 0.05) is 21.4 Å². The Labute approximate surface area is 124 Å². The molecule has 0 radical (unpaired) electrons. The summed E-state index contributed by atoms with van der Waals surface area (Å²) in [4.78, 5) is 0. The topological polar surface area (TPSA) is 9.34 Å². The highest BCUT2D eigenvalue weighted by Crippen LogP contribution is 2.30. The summed E-state index contributed by atoms with van der Waals surface area (Å²) in [6, 6.07) is 14.7. The van der Waals surface area contributed by atoms with Crippen molar-refractivity contribution < 1.29 is 0 Å². The monoisotopic (exact) mass is 322 g/mol. The molecule has 0 aliphatic carbocycles. The molecule has 0 aliphatic heterocycles. The number of halogens is 1. The zero-order valence-electron chi connectivity index (χ0n) is 10.7. The molecule has 0 atom stereocenters. The first kappa shape index (κ1) is 11.6. The van der Waals surface area contributed by atoms with Crippen molar-refractivity contribution >= 4 is 43.4 Å². The Morgan fingerprint density at radius 1 is 1.10 bits per heavy atom. The average Bonchev–Trinajstić information content (AvgIpc) is 2.96. The number of terminal acetylenes is 1. The molecular weight excluding hydrogens is 312 g/mol. The second kappa shape index (κ2) is 4.16. The molecular formula is C17H11BrN2. The van der Waals surface area contributed by atoms with E-state index in [9.17, 15) is 0 Å². The van der Waals surface area contributed by atoms with Crippen molar-refractivity contribution in [2.45, 2.75) is 6.54 Å². The first-order chi connectivity index (χ1) is 9.79. The summed E-state index contributed by atoms with van der Waals surface area (Å²) in [7, 11) is 0. The van der Waals surface area contributed by atoms with Crippen molar-refractivity contribution in [2.24, 2.45) is 0 Å². The molecule has 0 unspecified atom stereocenters. The molecule has 2 nitrogen and oxygen atoms in total. The molecule has 20 heavy (non-hydrogen) atoms. The van der Waals surface area contributed by atoms with Crippen molar-refractivity contribution in [1.29, 1.82) is 0 Å². The van der Waals surface area contributed by atoms with Gasteiger partial charge in [-0.3, -0.25) is 4.40 Å². The number of fused-ring (bicyclic) bond motifs is 5. The fraction of sp³-hybridized carbons (Fsp3) is 0.0588. The molecule has 0 N–H and O–H groups in total. The van der Waals surface area contributed by atoms with Gasteiger partial charge in [-0.2, -0.15) is 0 Å². The Kier molecular flexibility index (Phi) is 2.42. The lowest BCUT2D eigenvalue weighted by atomic mass is 10.2. The average molecular weight is 323 g/mol. The molecule has 0 saturated carbocycles. The van der Waals surface area contributed by atoms with Crippen molar-refractivity contribution in [3.8, 4) is 12.3 Å². The van der Waals surface area contributed by atoms with Gasteiger partial charge in [-0.15, -0.1) is 6.42 Å². The Balaban J connectivity index is 2.30. The van der Waals surface area contributed by atoms with Crippen LogP contribution in [0.25, 0.3) is 27.5 Å². The smallest absolute Gasteiger partial charge is 0.126 e. The fourth-order valence-electron chi connectivity index (χ4n) is 2.89. The number of imidazole rings is 1. The third-order valence-corrected chi connectivity index (χ3v) is 4.18. The van der Waals surface area contributed by atoms with Crippen LogP contribution in [0.15, 0.2) is 53.1 Å². The van der Waals surface area contributed by atoms with Gasteiger partial charge < -0.3 is 4.57 Å². The van der Waals surface area contributed by atoms with Crippen LogP contribution in [-0.2, 0) is 6.54 Å². The Hall–Kier alpha value is -2.18. The minimum atomic E-state index is 0.572. The summed E-state index contributed by atoms with van der Waals surface area (Å²) in [5.74, 6) is 2.76. The zero-order chi connectivity index (χ0) is 13.7. The van der Waals surface area contributed by atoms with E-state index >= 15 is 0 Å². The molecule has 2 heterocycles. The van der Waals surface area contributed by atoms with Gasteiger partial charge in [0.15, 0.2) is 0 Å². The fourth-order valence-corrected chi connectivity index (χ4v) is 3.23. The molecule has 2 aromatic carbocycles. The molecule has 4 aromatic rings. The molecule has 3 heteroatoms. The first-order valence-corrected chi connectivity index (χ1v) is 7.20. The predicted molar refractivity (Wildman–Crippen MR) is 86.9 cm³/mol. The normalized spacial score (nSPS) is 11.4. The van der Waals surface area contributed by atoms with Gasteiger partial charge in [0.05, 0.1) is 17.6 Å². The van der Waals surface area contributed by atoms with Crippen molar-refractivity contribution in [2.75, 3.05) is 0 Å². The molecule has 0 aliphatic rings. The second-order valence-electron chi connectivity index (χ2n) is 4.83. The highest BCUT2D eigenvalue weighted by molar-refractivity contribution is 9.10. The molecule has 0 amide bonds. The third kappa shape index (κ3) is 1.46. The number of rotatable bonds is 1. The van der Waals surface area contributed by atoms with Gasteiger partial charge in [0.25, 0.3) is 0 Å². The summed E-state index contributed by atoms with van der Waals surface area (Å²) in [5.41, 5.74) is 3.49. The summed E-state index contributed by atoms with van der Waals surface area (Å²) < 4.78 is 5.49. The molecule has 0 bridgehead atoms. The lowest BCUT2D eigenvalue weighted by Crippen LogP contribution is -1.94. The van der Waals surface area contributed by atoms with Crippen molar-refractivity contribution in [3.63, 3.8) is 0 Å². The highest BCUT2D eigenvalue weighted by Gasteiger charge is 2.13. The molecule has 2 aromatic heterocycles.